The number of thioether (sulfide) groups is 1. The molecule has 5 atom stereocenters. The van der Waals surface area contributed by atoms with E-state index in [4.69, 9.17) is 11.5 Å². The molecule has 36 heavy (non-hydrogen) atoms. The maximum absolute atomic E-state index is 12.7. The highest BCUT2D eigenvalue weighted by atomic mass is 32.2. The number of primary amides is 1. The number of carbonyl (C=O) groups is 6. The van der Waals surface area contributed by atoms with Crippen molar-refractivity contribution < 1.29 is 33.5 Å². The lowest BCUT2D eigenvalue weighted by Crippen LogP contribution is -2.50. The molecule has 0 fully saturated rings. The van der Waals surface area contributed by atoms with Crippen molar-refractivity contribution in [3.8, 4) is 0 Å². The zero-order valence-electron chi connectivity index (χ0n) is 21.8. The van der Waals surface area contributed by atoms with Gasteiger partial charge in [-0.25, -0.2) is 4.79 Å². The summed E-state index contributed by atoms with van der Waals surface area (Å²) in [6, 6.07) is -3.18. The number of carbonyl (C=O) groups excluding carboxylic acids is 6. The molecule has 0 aromatic carbocycles. The smallest absolute Gasteiger partial charge is 0.328 e. The lowest BCUT2D eigenvalue weighted by atomic mass is 9.99. The van der Waals surface area contributed by atoms with Crippen LogP contribution in [0.25, 0.3) is 0 Å². The van der Waals surface area contributed by atoms with Crippen molar-refractivity contribution in [2.24, 2.45) is 17.4 Å². The Labute approximate surface area is 216 Å². The number of Topliss-reactive ketones (excluding diaryl/α,β-unsaturated/α-hetero) is 1. The van der Waals surface area contributed by atoms with Gasteiger partial charge in [-0.15, -0.1) is 0 Å². The number of nitrogens with two attached hydrogens (primary N) is 2. The maximum atomic E-state index is 12.7. The normalized spacial score (nSPS) is 14.9. The van der Waals surface area contributed by atoms with E-state index in [0.29, 0.717) is 18.6 Å². The van der Waals surface area contributed by atoms with Gasteiger partial charge in [0.1, 0.15) is 12.1 Å². The molecule has 0 saturated carbocycles. The van der Waals surface area contributed by atoms with Gasteiger partial charge < -0.3 is 32.2 Å². The number of methoxy groups -OCH3 is 1. The molecular formula is C23H41N5O7S. The molecular weight excluding hydrogens is 490 g/mol. The van der Waals surface area contributed by atoms with Crippen LogP contribution in [0.5, 0.6) is 0 Å². The Morgan fingerprint density at radius 2 is 1.50 bits per heavy atom. The first-order valence-corrected chi connectivity index (χ1v) is 13.1. The minimum absolute atomic E-state index is 0.136. The summed E-state index contributed by atoms with van der Waals surface area (Å²) >= 11 is 1.53. The van der Waals surface area contributed by atoms with Crippen molar-refractivity contribution in [1.82, 2.24) is 16.0 Å². The van der Waals surface area contributed by atoms with Crippen molar-refractivity contribution in [1.29, 1.82) is 0 Å². The number of esters is 1. The first-order valence-electron chi connectivity index (χ1n) is 11.9. The Hall–Kier alpha value is -2.67. The quantitative estimate of drug-likeness (QED) is 0.113. The van der Waals surface area contributed by atoms with Crippen molar-refractivity contribution in [3.63, 3.8) is 0 Å². The molecule has 7 N–H and O–H groups in total. The van der Waals surface area contributed by atoms with Crippen LogP contribution in [0, 0.1) is 5.92 Å². The molecule has 0 aromatic rings. The Balaban J connectivity index is 4.60. The monoisotopic (exact) mass is 531 g/mol. The fourth-order valence-corrected chi connectivity index (χ4v) is 4.09. The molecule has 0 heterocycles. The van der Waals surface area contributed by atoms with Gasteiger partial charge in [0.15, 0.2) is 5.78 Å². The molecule has 0 aliphatic rings. The van der Waals surface area contributed by atoms with E-state index in [1.165, 1.54) is 39.6 Å². The third kappa shape index (κ3) is 14.0. The molecule has 0 saturated heterocycles. The summed E-state index contributed by atoms with van der Waals surface area (Å²) in [5.74, 6) is -2.31. The highest BCUT2D eigenvalue weighted by Gasteiger charge is 2.27. The predicted octanol–water partition coefficient (Wildman–Crippen LogP) is -0.625. The Bertz CT molecular complexity index is 780. The van der Waals surface area contributed by atoms with Crippen molar-refractivity contribution >= 4 is 47.1 Å². The highest BCUT2D eigenvalue weighted by molar-refractivity contribution is 7.99. The second-order valence-corrected chi connectivity index (χ2v) is 9.89. The van der Waals surface area contributed by atoms with Gasteiger partial charge in [0.05, 0.1) is 19.2 Å². The van der Waals surface area contributed by atoms with Gasteiger partial charge >= 0.3 is 5.97 Å². The molecule has 206 valence electrons. The van der Waals surface area contributed by atoms with Crippen LogP contribution in [-0.4, -0.2) is 78.2 Å². The number of unbranched alkanes of at least 4 members (excludes halogenated alkanes) is 2. The number of nitrogens with one attached hydrogen (secondary N) is 3. The predicted molar refractivity (Wildman–Crippen MR) is 137 cm³/mol. The topological polar surface area (TPSA) is 200 Å². The van der Waals surface area contributed by atoms with Crippen LogP contribution >= 0.6 is 11.8 Å². The molecule has 12 nitrogen and oxygen atoms in total. The Morgan fingerprint density at radius 1 is 0.889 bits per heavy atom. The van der Waals surface area contributed by atoms with E-state index in [1.54, 1.807) is 6.92 Å². The molecule has 0 spiro atoms. The third-order valence-electron chi connectivity index (χ3n) is 5.35. The van der Waals surface area contributed by atoms with Crippen LogP contribution in [0.3, 0.4) is 0 Å². The second kappa shape index (κ2) is 17.7. The summed E-state index contributed by atoms with van der Waals surface area (Å²) < 4.78 is 4.56. The first kappa shape index (κ1) is 33.3. The number of rotatable bonds is 18. The molecule has 4 amide bonds. The molecule has 0 aliphatic heterocycles. The summed E-state index contributed by atoms with van der Waals surface area (Å²) in [6.45, 7) is 5.84. The first-order chi connectivity index (χ1) is 16.8. The van der Waals surface area contributed by atoms with Crippen molar-refractivity contribution in [3.05, 3.63) is 0 Å². The van der Waals surface area contributed by atoms with Crippen LogP contribution in [-0.2, 0) is 33.5 Å². The van der Waals surface area contributed by atoms with Crippen molar-refractivity contribution in [2.45, 2.75) is 84.0 Å². The number of hydrogen-bond acceptors (Lipinski definition) is 9. The number of ether oxygens (including phenoxy) is 1. The summed E-state index contributed by atoms with van der Waals surface area (Å²) in [5.41, 5.74) is 10.7. The van der Waals surface area contributed by atoms with Gasteiger partial charge in [-0.2, -0.15) is 11.8 Å². The Kier molecular flexibility index (Phi) is 16.4. The summed E-state index contributed by atoms with van der Waals surface area (Å²) in [4.78, 5) is 71.4. The molecule has 0 bridgehead atoms. The molecule has 0 radical (unpaired) electrons. The average molecular weight is 532 g/mol. The van der Waals surface area contributed by atoms with Crippen LogP contribution in [0.4, 0.5) is 0 Å². The summed E-state index contributed by atoms with van der Waals surface area (Å²) in [5, 5.41) is 7.70. The largest absolute Gasteiger partial charge is 0.467 e. The minimum Gasteiger partial charge on any atom is -0.467 e. The molecule has 0 aromatic heterocycles. The molecule has 0 aliphatic carbocycles. The second-order valence-electron chi connectivity index (χ2n) is 8.74. The van der Waals surface area contributed by atoms with Gasteiger partial charge in [0.25, 0.3) is 0 Å². The van der Waals surface area contributed by atoms with Gasteiger partial charge in [0, 0.05) is 25.0 Å². The standard InChI is InChI=1S/C23H41N5O7S/c1-13(21(32)27-15(3)23(34)35-5)11-19(30)14(2)26-22(33)18(28-16(4)29)9-7-6-8-10-36-12-17(24)20(25)31/h13-15,17-18H,6-12,24H2,1-5H3,(H2,25,31)(H,26,33)(H,27,32)(H,28,29)/t13-,14+,15+,17+,18+/m1/s1. The summed E-state index contributed by atoms with van der Waals surface area (Å²) in [6.07, 6.45) is 2.56. The zero-order valence-corrected chi connectivity index (χ0v) is 22.6. The molecule has 13 heteroatoms. The molecule has 0 unspecified atom stereocenters. The lowest BCUT2D eigenvalue weighted by Gasteiger charge is -2.21. The van der Waals surface area contributed by atoms with Gasteiger partial charge in [-0.1, -0.05) is 19.8 Å². The average Bonchev–Trinajstić information content (AvgIpc) is 2.80. The van der Waals surface area contributed by atoms with Crippen LogP contribution in [0.2, 0.25) is 0 Å². The van der Waals surface area contributed by atoms with Gasteiger partial charge in [0.2, 0.25) is 23.6 Å². The maximum Gasteiger partial charge on any atom is 0.328 e. The van der Waals surface area contributed by atoms with Crippen LogP contribution < -0.4 is 27.4 Å². The Morgan fingerprint density at radius 3 is 2.06 bits per heavy atom. The highest BCUT2D eigenvalue weighted by Crippen LogP contribution is 2.11. The van der Waals surface area contributed by atoms with E-state index >= 15 is 0 Å². The van der Waals surface area contributed by atoms with Gasteiger partial charge in [-0.05, 0) is 32.4 Å². The zero-order chi connectivity index (χ0) is 27.8. The van der Waals surface area contributed by atoms with Crippen LogP contribution in [0.1, 0.15) is 59.8 Å². The third-order valence-corrected chi connectivity index (χ3v) is 6.52. The number of hydrogen-bond donors (Lipinski definition) is 5. The fourth-order valence-electron chi connectivity index (χ4n) is 3.09. The van der Waals surface area contributed by atoms with E-state index in [0.717, 1.165) is 18.6 Å². The van der Waals surface area contributed by atoms with E-state index < -0.39 is 53.8 Å². The van der Waals surface area contributed by atoms with E-state index in [1.807, 2.05) is 0 Å². The van der Waals surface area contributed by atoms with E-state index in [2.05, 4.69) is 20.7 Å². The number of ketones is 1. The number of amides is 4. The van der Waals surface area contributed by atoms with Gasteiger partial charge in [-0.3, -0.25) is 24.0 Å². The lowest BCUT2D eigenvalue weighted by molar-refractivity contribution is -0.145. The summed E-state index contributed by atoms with van der Waals surface area (Å²) in [7, 11) is 1.21. The molecule has 0 rings (SSSR count). The SMILES string of the molecule is COC(=O)[C@H](C)NC(=O)[C@H](C)CC(=O)[C@H](C)NC(=O)[C@H](CCCCCSC[C@H](N)C(N)=O)NC(C)=O. The van der Waals surface area contributed by atoms with E-state index in [9.17, 15) is 28.8 Å². The van der Waals surface area contributed by atoms with Crippen LogP contribution in [0.15, 0.2) is 0 Å². The van der Waals surface area contributed by atoms with E-state index in [-0.39, 0.29) is 18.1 Å². The minimum atomic E-state index is -0.868. The van der Waals surface area contributed by atoms with Crippen molar-refractivity contribution in [2.75, 3.05) is 18.6 Å². The fraction of sp³-hybridized carbons (Fsp3) is 0.739.